The molecule has 3 rings (SSSR count). The third-order valence-electron chi connectivity index (χ3n) is 3.59. The average Bonchev–Trinajstić information content (AvgIpc) is 2.46. The van der Waals surface area contributed by atoms with Gasteiger partial charge in [0, 0.05) is 22.3 Å². The van der Waals surface area contributed by atoms with Gasteiger partial charge in [0.1, 0.15) is 5.60 Å². The summed E-state index contributed by atoms with van der Waals surface area (Å²) in [6.07, 6.45) is 3.57. The molecule has 0 aliphatic heterocycles. The van der Waals surface area contributed by atoms with Gasteiger partial charge in [-0.1, -0.05) is 46.3 Å². The zero-order valence-electron chi connectivity index (χ0n) is 11.0. The minimum Gasteiger partial charge on any atom is -0.381 e. The highest BCUT2D eigenvalue weighted by molar-refractivity contribution is 9.10. The van der Waals surface area contributed by atoms with Gasteiger partial charge in [0.2, 0.25) is 0 Å². The fourth-order valence-electron chi connectivity index (χ4n) is 2.48. The van der Waals surface area contributed by atoms with E-state index in [4.69, 9.17) is 0 Å². The minimum absolute atomic E-state index is 0.850. The number of pyridine rings is 1. The van der Waals surface area contributed by atoms with Crippen LogP contribution in [0.2, 0.25) is 0 Å². The molecule has 0 fully saturated rings. The standard InChI is InChI=1S/C17H14BrNO/c1-17(20,13-5-3-6-14(18)10-13)16-7-2-4-12-8-9-19-11-15(12)16/h2-11,20H,1H3. The molecular formula is C17H14BrNO. The highest BCUT2D eigenvalue weighted by atomic mass is 79.9. The first-order valence-electron chi connectivity index (χ1n) is 6.41. The van der Waals surface area contributed by atoms with E-state index in [-0.39, 0.29) is 0 Å². The molecule has 0 amide bonds. The van der Waals surface area contributed by atoms with Crippen LogP contribution in [0, 0.1) is 0 Å². The molecule has 0 aliphatic carbocycles. The maximum Gasteiger partial charge on any atom is 0.112 e. The van der Waals surface area contributed by atoms with E-state index in [0.717, 1.165) is 26.4 Å². The second-order valence-corrected chi connectivity index (χ2v) is 5.90. The lowest BCUT2D eigenvalue weighted by Gasteiger charge is -2.26. The zero-order valence-corrected chi connectivity index (χ0v) is 12.6. The first kappa shape index (κ1) is 13.3. The Morgan fingerprint density at radius 1 is 1.10 bits per heavy atom. The fraction of sp³-hybridized carbons (Fsp3) is 0.118. The van der Waals surface area contributed by atoms with Crippen molar-refractivity contribution in [2.45, 2.75) is 12.5 Å². The van der Waals surface area contributed by atoms with Crippen molar-refractivity contribution in [1.82, 2.24) is 4.98 Å². The molecule has 1 unspecified atom stereocenters. The van der Waals surface area contributed by atoms with Gasteiger partial charge in [0.15, 0.2) is 0 Å². The summed E-state index contributed by atoms with van der Waals surface area (Å²) in [5.74, 6) is 0. The Morgan fingerprint density at radius 3 is 2.70 bits per heavy atom. The van der Waals surface area contributed by atoms with Gasteiger partial charge in [0.05, 0.1) is 0 Å². The molecule has 1 aromatic heterocycles. The molecule has 0 bridgehead atoms. The summed E-state index contributed by atoms with van der Waals surface area (Å²) >= 11 is 3.45. The topological polar surface area (TPSA) is 33.1 Å². The third kappa shape index (κ3) is 2.23. The monoisotopic (exact) mass is 327 g/mol. The van der Waals surface area contributed by atoms with E-state index < -0.39 is 5.60 Å². The van der Waals surface area contributed by atoms with Gasteiger partial charge >= 0.3 is 0 Å². The van der Waals surface area contributed by atoms with Crippen LogP contribution in [-0.2, 0) is 5.60 Å². The molecule has 1 heterocycles. The van der Waals surface area contributed by atoms with Crippen molar-refractivity contribution in [2.75, 3.05) is 0 Å². The number of nitrogens with zero attached hydrogens (tertiary/aromatic N) is 1. The lowest BCUT2D eigenvalue weighted by molar-refractivity contribution is 0.104. The summed E-state index contributed by atoms with van der Waals surface area (Å²) in [5, 5.41) is 13.1. The molecular weight excluding hydrogens is 314 g/mol. The Labute approximate surface area is 126 Å². The first-order valence-corrected chi connectivity index (χ1v) is 7.20. The van der Waals surface area contributed by atoms with Crippen LogP contribution in [-0.4, -0.2) is 10.1 Å². The molecule has 3 heteroatoms. The van der Waals surface area contributed by atoms with Crippen LogP contribution in [0.1, 0.15) is 18.1 Å². The summed E-state index contributed by atoms with van der Waals surface area (Å²) in [6.45, 7) is 1.82. The summed E-state index contributed by atoms with van der Waals surface area (Å²) < 4.78 is 0.952. The Hall–Kier alpha value is -1.71. The van der Waals surface area contributed by atoms with Gasteiger partial charge < -0.3 is 5.11 Å². The van der Waals surface area contributed by atoms with E-state index >= 15 is 0 Å². The molecule has 100 valence electrons. The molecule has 2 aromatic carbocycles. The summed E-state index contributed by atoms with van der Waals surface area (Å²) in [7, 11) is 0. The van der Waals surface area contributed by atoms with Crippen molar-refractivity contribution in [2.24, 2.45) is 0 Å². The molecule has 0 aliphatic rings. The Morgan fingerprint density at radius 2 is 1.90 bits per heavy atom. The van der Waals surface area contributed by atoms with E-state index in [2.05, 4.69) is 20.9 Å². The third-order valence-corrected chi connectivity index (χ3v) is 4.09. The van der Waals surface area contributed by atoms with Crippen molar-refractivity contribution in [3.63, 3.8) is 0 Å². The lowest BCUT2D eigenvalue weighted by atomic mass is 9.86. The number of rotatable bonds is 2. The minimum atomic E-state index is -1.06. The molecule has 0 radical (unpaired) electrons. The van der Waals surface area contributed by atoms with E-state index in [1.165, 1.54) is 0 Å². The first-order chi connectivity index (χ1) is 9.59. The van der Waals surface area contributed by atoms with Crippen LogP contribution in [0.5, 0.6) is 0 Å². The lowest BCUT2D eigenvalue weighted by Crippen LogP contribution is -2.23. The SMILES string of the molecule is CC(O)(c1cccc(Br)c1)c1cccc2ccncc12. The van der Waals surface area contributed by atoms with Crippen LogP contribution < -0.4 is 0 Å². The van der Waals surface area contributed by atoms with E-state index in [1.54, 1.807) is 12.4 Å². The Kier molecular flexibility index (Phi) is 3.32. The molecule has 0 spiro atoms. The number of halogens is 1. The van der Waals surface area contributed by atoms with E-state index in [1.807, 2.05) is 55.5 Å². The van der Waals surface area contributed by atoms with E-state index in [9.17, 15) is 5.11 Å². The van der Waals surface area contributed by atoms with Crippen molar-refractivity contribution < 1.29 is 5.11 Å². The maximum absolute atomic E-state index is 11.0. The maximum atomic E-state index is 11.0. The fourth-order valence-corrected chi connectivity index (χ4v) is 2.88. The zero-order chi connectivity index (χ0) is 14.2. The van der Waals surface area contributed by atoms with Gasteiger partial charge in [-0.3, -0.25) is 4.98 Å². The van der Waals surface area contributed by atoms with Crippen LogP contribution in [0.15, 0.2) is 65.4 Å². The summed E-state index contributed by atoms with van der Waals surface area (Å²) in [6, 6.07) is 15.6. The average molecular weight is 328 g/mol. The molecule has 0 saturated carbocycles. The summed E-state index contributed by atoms with van der Waals surface area (Å²) in [4.78, 5) is 4.18. The number of benzene rings is 2. The van der Waals surface area contributed by atoms with E-state index in [0.29, 0.717) is 0 Å². The van der Waals surface area contributed by atoms with Crippen molar-refractivity contribution in [3.05, 3.63) is 76.5 Å². The second kappa shape index (κ2) is 5.00. The normalized spacial score (nSPS) is 14.2. The molecule has 1 atom stereocenters. The molecule has 0 saturated heterocycles. The molecule has 2 nitrogen and oxygen atoms in total. The van der Waals surface area contributed by atoms with Gasteiger partial charge in [-0.05, 0) is 41.6 Å². The molecule has 3 aromatic rings. The quantitative estimate of drug-likeness (QED) is 0.763. The predicted octanol–water partition coefficient (Wildman–Crippen LogP) is 4.25. The van der Waals surface area contributed by atoms with Gasteiger partial charge in [-0.2, -0.15) is 0 Å². The number of hydrogen-bond acceptors (Lipinski definition) is 2. The van der Waals surface area contributed by atoms with Crippen molar-refractivity contribution >= 4 is 26.7 Å². The number of fused-ring (bicyclic) bond motifs is 1. The Balaban J connectivity index is 2.23. The highest BCUT2D eigenvalue weighted by Crippen LogP contribution is 2.34. The number of aromatic nitrogens is 1. The van der Waals surface area contributed by atoms with Gasteiger partial charge in [-0.15, -0.1) is 0 Å². The smallest absolute Gasteiger partial charge is 0.112 e. The van der Waals surface area contributed by atoms with Gasteiger partial charge in [-0.25, -0.2) is 0 Å². The Bertz CT molecular complexity index is 762. The predicted molar refractivity (Wildman–Crippen MR) is 84.6 cm³/mol. The number of aliphatic hydroxyl groups is 1. The van der Waals surface area contributed by atoms with Gasteiger partial charge in [0.25, 0.3) is 0 Å². The molecule has 1 N–H and O–H groups in total. The highest BCUT2D eigenvalue weighted by Gasteiger charge is 2.27. The van der Waals surface area contributed by atoms with Crippen LogP contribution in [0.3, 0.4) is 0 Å². The van der Waals surface area contributed by atoms with Crippen LogP contribution in [0.25, 0.3) is 10.8 Å². The summed E-state index contributed by atoms with van der Waals surface area (Å²) in [5.41, 5.74) is 0.649. The van der Waals surface area contributed by atoms with Crippen LogP contribution >= 0.6 is 15.9 Å². The van der Waals surface area contributed by atoms with Crippen molar-refractivity contribution in [3.8, 4) is 0 Å². The largest absolute Gasteiger partial charge is 0.381 e. The van der Waals surface area contributed by atoms with Crippen molar-refractivity contribution in [1.29, 1.82) is 0 Å². The number of hydrogen-bond donors (Lipinski definition) is 1. The molecule has 20 heavy (non-hydrogen) atoms. The van der Waals surface area contributed by atoms with Crippen LogP contribution in [0.4, 0.5) is 0 Å². The second-order valence-electron chi connectivity index (χ2n) is 4.98.